The molecule has 0 aliphatic heterocycles. The summed E-state index contributed by atoms with van der Waals surface area (Å²) in [6.45, 7) is 4.00. The molecule has 6 heteroatoms. The van der Waals surface area contributed by atoms with E-state index in [0.29, 0.717) is 12.0 Å². The maximum atomic E-state index is 13.1. The van der Waals surface area contributed by atoms with Crippen LogP contribution in [0, 0.1) is 11.2 Å². The minimum atomic E-state index is -4.69. The Balaban J connectivity index is 2.05. The van der Waals surface area contributed by atoms with Crippen LogP contribution in [0.25, 0.3) is 0 Å². The van der Waals surface area contributed by atoms with Crippen LogP contribution in [0.5, 0.6) is 0 Å². The lowest BCUT2D eigenvalue weighted by Crippen LogP contribution is -2.59. The van der Waals surface area contributed by atoms with E-state index in [4.69, 9.17) is 0 Å². The summed E-state index contributed by atoms with van der Waals surface area (Å²) >= 11 is 0. The van der Waals surface area contributed by atoms with Gasteiger partial charge in [-0.2, -0.15) is 13.2 Å². The number of hydrogen-bond donors (Lipinski definition) is 2. The van der Waals surface area contributed by atoms with Gasteiger partial charge in [0.25, 0.3) is 0 Å². The molecule has 0 radical (unpaired) electrons. The monoisotopic (exact) mass is 291 g/mol. The zero-order valence-electron chi connectivity index (χ0n) is 11.3. The van der Waals surface area contributed by atoms with Crippen molar-refractivity contribution in [2.24, 2.45) is 5.41 Å². The molecule has 1 saturated carbocycles. The molecule has 20 heavy (non-hydrogen) atoms. The van der Waals surface area contributed by atoms with E-state index in [9.17, 15) is 22.7 Å². The van der Waals surface area contributed by atoms with E-state index in [1.807, 2.05) is 13.8 Å². The van der Waals surface area contributed by atoms with Gasteiger partial charge < -0.3 is 10.4 Å². The van der Waals surface area contributed by atoms with Crippen molar-refractivity contribution >= 4 is 0 Å². The van der Waals surface area contributed by atoms with Gasteiger partial charge in [0.1, 0.15) is 5.82 Å². The number of aliphatic hydroxyl groups excluding tert-OH is 1. The number of nitrogens with one attached hydrogen (secondary N) is 1. The number of hydrogen-bond acceptors (Lipinski definition) is 2. The average molecular weight is 291 g/mol. The zero-order chi connectivity index (χ0) is 15.1. The standard InChI is InChI=1S/C14H17F4NO/c1-13(2)11(6-12(13)20)19-7-8-3-4-10(15)9(5-8)14(16,17)18/h3-5,11-12,19-20H,6-7H2,1-2H3. The molecule has 0 bridgehead atoms. The highest BCUT2D eigenvalue weighted by molar-refractivity contribution is 5.27. The smallest absolute Gasteiger partial charge is 0.392 e. The Morgan fingerprint density at radius 3 is 2.50 bits per heavy atom. The number of alkyl halides is 3. The molecule has 0 amide bonds. The van der Waals surface area contributed by atoms with Crippen LogP contribution >= 0.6 is 0 Å². The fourth-order valence-electron chi connectivity index (χ4n) is 2.39. The fourth-order valence-corrected chi connectivity index (χ4v) is 2.39. The third kappa shape index (κ3) is 2.81. The number of aliphatic hydroxyl groups is 1. The number of rotatable bonds is 3. The number of halogens is 4. The van der Waals surface area contributed by atoms with Crippen molar-refractivity contribution in [2.75, 3.05) is 0 Å². The van der Waals surface area contributed by atoms with E-state index in [0.717, 1.165) is 12.1 Å². The topological polar surface area (TPSA) is 32.3 Å². The SMILES string of the molecule is CC1(C)C(O)CC1NCc1ccc(F)c(C(F)(F)F)c1. The first-order chi connectivity index (χ1) is 9.12. The second kappa shape index (κ2) is 5.00. The predicted molar refractivity (Wildman–Crippen MR) is 66.4 cm³/mol. The lowest BCUT2D eigenvalue weighted by Gasteiger charge is -2.49. The molecule has 1 fully saturated rings. The molecule has 0 aromatic heterocycles. The molecular formula is C14H17F4NO. The summed E-state index contributed by atoms with van der Waals surface area (Å²) in [4.78, 5) is 0. The molecule has 2 nitrogen and oxygen atoms in total. The summed E-state index contributed by atoms with van der Waals surface area (Å²) < 4.78 is 50.9. The minimum Gasteiger partial charge on any atom is -0.392 e. The maximum absolute atomic E-state index is 13.1. The molecule has 1 aromatic rings. The first-order valence-electron chi connectivity index (χ1n) is 6.39. The van der Waals surface area contributed by atoms with Gasteiger partial charge in [-0.1, -0.05) is 19.9 Å². The lowest BCUT2D eigenvalue weighted by molar-refractivity contribution is -0.140. The average Bonchev–Trinajstić information content (AvgIpc) is 2.34. The molecule has 2 rings (SSSR count). The third-order valence-corrected chi connectivity index (χ3v) is 4.10. The van der Waals surface area contributed by atoms with Gasteiger partial charge in [0.15, 0.2) is 0 Å². The molecule has 1 aromatic carbocycles. The largest absolute Gasteiger partial charge is 0.419 e. The maximum Gasteiger partial charge on any atom is 0.419 e. The minimum absolute atomic E-state index is 0.0388. The molecule has 0 spiro atoms. The number of benzene rings is 1. The molecular weight excluding hydrogens is 274 g/mol. The molecule has 0 heterocycles. The third-order valence-electron chi connectivity index (χ3n) is 4.10. The van der Waals surface area contributed by atoms with E-state index in [1.54, 1.807) is 0 Å². The van der Waals surface area contributed by atoms with Gasteiger partial charge in [-0.25, -0.2) is 4.39 Å². The molecule has 0 saturated heterocycles. The van der Waals surface area contributed by atoms with Crippen molar-refractivity contribution in [3.05, 3.63) is 35.1 Å². The van der Waals surface area contributed by atoms with E-state index in [-0.39, 0.29) is 18.0 Å². The van der Waals surface area contributed by atoms with Crippen LogP contribution in [0.2, 0.25) is 0 Å². The van der Waals surface area contributed by atoms with Crippen molar-refractivity contribution in [1.29, 1.82) is 0 Å². The van der Waals surface area contributed by atoms with Crippen LogP contribution in [0.15, 0.2) is 18.2 Å². The van der Waals surface area contributed by atoms with Gasteiger partial charge in [0.2, 0.25) is 0 Å². The van der Waals surface area contributed by atoms with Crippen molar-refractivity contribution < 1.29 is 22.7 Å². The Morgan fingerprint density at radius 2 is 2.00 bits per heavy atom. The quantitative estimate of drug-likeness (QED) is 0.839. The fraction of sp³-hybridized carbons (Fsp3) is 0.571. The van der Waals surface area contributed by atoms with E-state index >= 15 is 0 Å². The van der Waals surface area contributed by atoms with Crippen molar-refractivity contribution in [3.8, 4) is 0 Å². The summed E-state index contributed by atoms with van der Waals surface area (Å²) in [6.07, 6.45) is -4.52. The van der Waals surface area contributed by atoms with Gasteiger partial charge in [0, 0.05) is 18.0 Å². The summed E-state index contributed by atoms with van der Waals surface area (Å²) in [5.74, 6) is -1.26. The Morgan fingerprint density at radius 1 is 1.35 bits per heavy atom. The molecule has 1 aliphatic rings. The summed E-state index contributed by atoms with van der Waals surface area (Å²) in [5, 5.41) is 12.7. The molecule has 1 aliphatic carbocycles. The van der Waals surface area contributed by atoms with Crippen LogP contribution in [0.4, 0.5) is 17.6 Å². The van der Waals surface area contributed by atoms with Crippen LogP contribution < -0.4 is 5.32 Å². The van der Waals surface area contributed by atoms with Gasteiger partial charge >= 0.3 is 6.18 Å². The van der Waals surface area contributed by atoms with Gasteiger partial charge in [-0.15, -0.1) is 0 Å². The first-order valence-corrected chi connectivity index (χ1v) is 6.39. The Labute approximate surface area is 114 Å². The predicted octanol–water partition coefficient (Wildman–Crippen LogP) is 3.09. The van der Waals surface area contributed by atoms with Gasteiger partial charge in [0.05, 0.1) is 11.7 Å². The second-order valence-electron chi connectivity index (χ2n) is 5.82. The Hall–Kier alpha value is -1.14. The van der Waals surface area contributed by atoms with Crippen LogP contribution in [0.3, 0.4) is 0 Å². The normalized spacial score (nSPS) is 25.4. The van der Waals surface area contributed by atoms with Crippen LogP contribution in [-0.4, -0.2) is 17.3 Å². The van der Waals surface area contributed by atoms with Crippen LogP contribution in [0.1, 0.15) is 31.4 Å². The zero-order valence-corrected chi connectivity index (χ0v) is 11.3. The molecule has 2 unspecified atom stereocenters. The van der Waals surface area contributed by atoms with E-state index in [2.05, 4.69) is 5.32 Å². The highest BCUT2D eigenvalue weighted by Gasteiger charge is 2.46. The second-order valence-corrected chi connectivity index (χ2v) is 5.82. The van der Waals surface area contributed by atoms with Gasteiger partial charge in [-0.05, 0) is 24.1 Å². The van der Waals surface area contributed by atoms with Crippen molar-refractivity contribution in [1.82, 2.24) is 5.32 Å². The first kappa shape index (κ1) is 15.3. The van der Waals surface area contributed by atoms with Gasteiger partial charge in [-0.3, -0.25) is 0 Å². The Bertz CT molecular complexity index is 498. The summed E-state index contributed by atoms with van der Waals surface area (Å²) in [5.41, 5.74) is -1.17. The highest BCUT2D eigenvalue weighted by atomic mass is 19.4. The van der Waals surface area contributed by atoms with Crippen molar-refractivity contribution in [2.45, 2.75) is 45.1 Å². The summed E-state index contributed by atoms with van der Waals surface area (Å²) in [7, 11) is 0. The highest BCUT2D eigenvalue weighted by Crippen LogP contribution is 2.40. The summed E-state index contributed by atoms with van der Waals surface area (Å²) in [6, 6.07) is 3.03. The lowest BCUT2D eigenvalue weighted by atomic mass is 9.64. The molecule has 112 valence electrons. The molecule has 2 atom stereocenters. The Kier molecular flexibility index (Phi) is 3.81. The molecule has 2 N–H and O–H groups in total. The van der Waals surface area contributed by atoms with Crippen LogP contribution in [-0.2, 0) is 12.7 Å². The van der Waals surface area contributed by atoms with E-state index in [1.165, 1.54) is 6.07 Å². The van der Waals surface area contributed by atoms with E-state index < -0.39 is 23.7 Å². The van der Waals surface area contributed by atoms with Crippen molar-refractivity contribution in [3.63, 3.8) is 0 Å².